The Morgan fingerprint density at radius 1 is 1.40 bits per heavy atom. The highest BCUT2D eigenvalue weighted by molar-refractivity contribution is 5.74. The molecule has 0 aliphatic rings. The van der Waals surface area contributed by atoms with Crippen LogP contribution in [0.1, 0.15) is 58.4 Å². The predicted molar refractivity (Wildman–Crippen MR) is 73.2 cm³/mol. The number of carboxylic acids is 1. The number of methoxy groups -OCH3 is 1. The largest absolute Gasteiger partial charge is 0.481 e. The number of aliphatic carboxylic acids is 1. The number of aromatic nitrogens is 2. The van der Waals surface area contributed by atoms with Crippen LogP contribution in [0.4, 0.5) is 0 Å². The summed E-state index contributed by atoms with van der Waals surface area (Å²) in [5.41, 5.74) is -0.843. The van der Waals surface area contributed by atoms with Crippen molar-refractivity contribution in [3.8, 4) is 0 Å². The van der Waals surface area contributed by atoms with E-state index in [0.29, 0.717) is 24.6 Å². The van der Waals surface area contributed by atoms with Crippen molar-refractivity contribution in [2.24, 2.45) is 11.3 Å². The van der Waals surface area contributed by atoms with Crippen LogP contribution >= 0.6 is 0 Å². The minimum absolute atomic E-state index is 0.215. The molecule has 1 atom stereocenters. The summed E-state index contributed by atoms with van der Waals surface area (Å²) in [5.74, 6) is 0.222. The van der Waals surface area contributed by atoms with Crippen molar-refractivity contribution in [1.29, 1.82) is 0 Å². The zero-order chi connectivity index (χ0) is 15.3. The van der Waals surface area contributed by atoms with Crippen molar-refractivity contribution in [1.82, 2.24) is 10.1 Å². The van der Waals surface area contributed by atoms with Gasteiger partial charge >= 0.3 is 5.97 Å². The van der Waals surface area contributed by atoms with Gasteiger partial charge in [0, 0.05) is 13.5 Å². The van der Waals surface area contributed by atoms with E-state index >= 15 is 0 Å². The van der Waals surface area contributed by atoms with Crippen LogP contribution in [0, 0.1) is 11.3 Å². The Kier molecular flexibility index (Phi) is 5.68. The summed E-state index contributed by atoms with van der Waals surface area (Å²) in [6.45, 7) is 7.73. The first-order valence-corrected chi connectivity index (χ1v) is 6.98. The van der Waals surface area contributed by atoms with Gasteiger partial charge < -0.3 is 14.4 Å². The minimum atomic E-state index is -0.843. The van der Waals surface area contributed by atoms with E-state index in [1.54, 1.807) is 7.11 Å². The Labute approximate surface area is 119 Å². The molecule has 6 heteroatoms. The number of rotatable bonds is 8. The summed E-state index contributed by atoms with van der Waals surface area (Å²) in [4.78, 5) is 15.8. The number of ether oxygens (including phenoxy) is 1. The minimum Gasteiger partial charge on any atom is -0.481 e. The number of nitrogens with zero attached hydrogens (tertiary/aromatic N) is 2. The van der Waals surface area contributed by atoms with Crippen LogP contribution in [0.25, 0.3) is 0 Å². The summed E-state index contributed by atoms with van der Waals surface area (Å²) < 4.78 is 10.5. The average Bonchev–Trinajstić information content (AvgIpc) is 2.84. The fraction of sp³-hybridized carbons (Fsp3) is 0.786. The van der Waals surface area contributed by atoms with Gasteiger partial charge in [0.25, 0.3) is 0 Å². The van der Waals surface area contributed by atoms with Crippen molar-refractivity contribution < 1.29 is 19.2 Å². The van der Waals surface area contributed by atoms with Crippen molar-refractivity contribution >= 4 is 5.97 Å². The zero-order valence-electron chi connectivity index (χ0n) is 12.8. The van der Waals surface area contributed by atoms with Gasteiger partial charge in [-0.25, -0.2) is 0 Å². The van der Waals surface area contributed by atoms with Gasteiger partial charge in [0.15, 0.2) is 0 Å². The fourth-order valence-electron chi connectivity index (χ4n) is 2.30. The van der Waals surface area contributed by atoms with Crippen molar-refractivity contribution in [3.05, 3.63) is 11.7 Å². The first-order chi connectivity index (χ1) is 9.40. The molecular formula is C14H24N2O4. The van der Waals surface area contributed by atoms with E-state index in [-0.39, 0.29) is 18.4 Å². The summed E-state index contributed by atoms with van der Waals surface area (Å²) in [6, 6.07) is 0. The second-order valence-corrected chi connectivity index (χ2v) is 5.42. The zero-order valence-corrected chi connectivity index (χ0v) is 12.8. The Morgan fingerprint density at radius 3 is 2.40 bits per heavy atom. The van der Waals surface area contributed by atoms with Gasteiger partial charge in [0.2, 0.25) is 11.7 Å². The lowest BCUT2D eigenvalue weighted by Gasteiger charge is -2.24. The number of hydrogen-bond acceptors (Lipinski definition) is 5. The summed E-state index contributed by atoms with van der Waals surface area (Å²) in [7, 11) is 1.60. The van der Waals surface area contributed by atoms with Crippen LogP contribution in [0.5, 0.6) is 0 Å². The third-order valence-corrected chi connectivity index (χ3v) is 3.89. The molecule has 1 unspecified atom stereocenters. The van der Waals surface area contributed by atoms with Crippen LogP contribution < -0.4 is 0 Å². The fourth-order valence-corrected chi connectivity index (χ4v) is 2.30. The van der Waals surface area contributed by atoms with Gasteiger partial charge in [-0.1, -0.05) is 32.9 Å². The number of carbonyl (C=O) groups is 1. The quantitative estimate of drug-likeness (QED) is 0.790. The third-order valence-electron chi connectivity index (χ3n) is 3.89. The molecule has 0 bridgehead atoms. The van der Waals surface area contributed by atoms with Crippen molar-refractivity contribution in [3.63, 3.8) is 0 Å². The Morgan fingerprint density at radius 2 is 2.00 bits per heavy atom. The Balaban J connectivity index is 2.94. The smallest absolute Gasteiger partial charge is 0.310 e. The van der Waals surface area contributed by atoms with E-state index in [2.05, 4.69) is 10.1 Å². The van der Waals surface area contributed by atoms with Gasteiger partial charge in [0.1, 0.15) is 6.10 Å². The lowest BCUT2D eigenvalue weighted by molar-refractivity contribution is -0.149. The van der Waals surface area contributed by atoms with E-state index in [4.69, 9.17) is 9.26 Å². The second kappa shape index (κ2) is 6.83. The maximum absolute atomic E-state index is 11.5. The van der Waals surface area contributed by atoms with Crippen LogP contribution in [-0.4, -0.2) is 28.3 Å². The SMILES string of the molecule is CCC(CC)(Cc1nc(C(OC)C(C)C)no1)C(=O)O. The molecule has 1 aromatic heterocycles. The van der Waals surface area contributed by atoms with E-state index in [1.807, 2.05) is 27.7 Å². The van der Waals surface area contributed by atoms with E-state index in [0.717, 1.165) is 0 Å². The second-order valence-electron chi connectivity index (χ2n) is 5.42. The molecule has 20 heavy (non-hydrogen) atoms. The number of hydrogen-bond donors (Lipinski definition) is 1. The topological polar surface area (TPSA) is 85.5 Å². The average molecular weight is 284 g/mol. The molecule has 1 aromatic rings. The molecule has 0 aliphatic heterocycles. The molecule has 0 radical (unpaired) electrons. The maximum Gasteiger partial charge on any atom is 0.310 e. The van der Waals surface area contributed by atoms with E-state index in [9.17, 15) is 9.90 Å². The molecule has 114 valence electrons. The molecule has 6 nitrogen and oxygen atoms in total. The molecule has 1 heterocycles. The molecule has 0 aliphatic carbocycles. The van der Waals surface area contributed by atoms with Gasteiger partial charge in [0.05, 0.1) is 5.41 Å². The molecule has 0 fully saturated rings. The van der Waals surface area contributed by atoms with Crippen LogP contribution in [-0.2, 0) is 16.0 Å². The molecule has 0 spiro atoms. The van der Waals surface area contributed by atoms with Crippen LogP contribution in [0.3, 0.4) is 0 Å². The molecule has 1 N–H and O–H groups in total. The number of carboxylic acid groups (broad SMARTS) is 1. The monoisotopic (exact) mass is 284 g/mol. The summed E-state index contributed by atoms with van der Waals surface area (Å²) in [6.07, 6.45) is 1.05. The Bertz CT molecular complexity index is 438. The van der Waals surface area contributed by atoms with Gasteiger partial charge in [-0.05, 0) is 18.8 Å². The third kappa shape index (κ3) is 3.36. The predicted octanol–water partition coefficient (Wildman–Crippen LogP) is 2.85. The molecule has 1 rings (SSSR count). The van der Waals surface area contributed by atoms with Gasteiger partial charge in [-0.2, -0.15) is 4.98 Å². The van der Waals surface area contributed by atoms with Crippen LogP contribution in [0.2, 0.25) is 0 Å². The molecule has 0 saturated heterocycles. The lowest BCUT2D eigenvalue weighted by atomic mass is 9.79. The highest BCUT2D eigenvalue weighted by Crippen LogP contribution is 2.31. The van der Waals surface area contributed by atoms with E-state index < -0.39 is 11.4 Å². The normalized spacial score (nSPS) is 13.7. The molecule has 0 amide bonds. The lowest BCUT2D eigenvalue weighted by Crippen LogP contribution is -2.32. The standard InChI is InChI=1S/C14H24N2O4/c1-6-14(7-2,13(17)18)8-10-15-12(16-20-10)11(19-5)9(3)4/h9,11H,6-8H2,1-5H3,(H,17,18). The van der Waals surface area contributed by atoms with Gasteiger partial charge in [-0.15, -0.1) is 0 Å². The highest BCUT2D eigenvalue weighted by Gasteiger charge is 2.37. The first kappa shape index (κ1) is 16.6. The summed E-state index contributed by atoms with van der Waals surface area (Å²) in [5, 5.41) is 13.3. The van der Waals surface area contributed by atoms with E-state index in [1.165, 1.54) is 0 Å². The molecule has 0 aromatic carbocycles. The molecule has 0 saturated carbocycles. The first-order valence-electron chi connectivity index (χ1n) is 6.98. The summed E-state index contributed by atoms with van der Waals surface area (Å²) >= 11 is 0. The van der Waals surface area contributed by atoms with Crippen molar-refractivity contribution in [2.75, 3.05) is 7.11 Å². The maximum atomic E-state index is 11.5. The van der Waals surface area contributed by atoms with Gasteiger partial charge in [-0.3, -0.25) is 4.79 Å². The molecular weight excluding hydrogens is 260 g/mol. The van der Waals surface area contributed by atoms with Crippen molar-refractivity contribution in [2.45, 2.75) is 53.1 Å². The Hall–Kier alpha value is -1.43. The highest BCUT2D eigenvalue weighted by atomic mass is 16.5. The van der Waals surface area contributed by atoms with Crippen LogP contribution in [0.15, 0.2) is 4.52 Å².